The normalized spacial score (nSPS) is 9.69. The Labute approximate surface area is 76.7 Å². The van der Waals surface area contributed by atoms with Crippen LogP contribution < -0.4 is 5.73 Å². The number of carbonyl (C=O) groups is 1. The molecule has 1 aromatic heterocycles. The monoisotopic (exact) mass is 180 g/mol. The highest BCUT2D eigenvalue weighted by atomic mass is 16.5. The molecule has 0 saturated carbocycles. The van der Waals surface area contributed by atoms with Gasteiger partial charge in [0.05, 0.1) is 12.8 Å². The summed E-state index contributed by atoms with van der Waals surface area (Å²) in [6, 6.07) is 3.46. The van der Waals surface area contributed by atoms with E-state index in [-0.39, 0.29) is 5.69 Å². The van der Waals surface area contributed by atoms with Crippen LogP contribution in [0.4, 0.5) is 5.69 Å². The second-order valence-corrected chi connectivity index (χ2v) is 2.59. The van der Waals surface area contributed by atoms with Gasteiger partial charge in [0.15, 0.2) is 5.69 Å². The number of nitrogen functional groups attached to an aromatic ring is 1. The van der Waals surface area contributed by atoms with Gasteiger partial charge in [0.1, 0.15) is 0 Å². The number of anilines is 1. The molecule has 2 N–H and O–H groups in total. The Morgan fingerprint density at radius 1 is 1.62 bits per heavy atom. The standard InChI is InChI=1S/C9H12N2O2/c1-3-6-4-5-7(10)8(11-6)9(12)13-2/h4-5H,3,10H2,1-2H3. The van der Waals surface area contributed by atoms with Crippen LogP contribution in [0.1, 0.15) is 23.1 Å². The molecule has 1 heterocycles. The van der Waals surface area contributed by atoms with Crippen LogP contribution in [0.25, 0.3) is 0 Å². The first-order chi connectivity index (χ1) is 6.19. The lowest BCUT2D eigenvalue weighted by Gasteiger charge is -2.03. The molecule has 0 radical (unpaired) electrons. The molecule has 70 valence electrons. The zero-order valence-electron chi connectivity index (χ0n) is 7.70. The summed E-state index contributed by atoms with van der Waals surface area (Å²) in [7, 11) is 1.31. The number of carbonyl (C=O) groups excluding carboxylic acids is 1. The van der Waals surface area contributed by atoms with Crippen LogP contribution in [0.5, 0.6) is 0 Å². The number of methoxy groups -OCH3 is 1. The minimum absolute atomic E-state index is 0.196. The predicted octanol–water partition coefficient (Wildman–Crippen LogP) is 1.01. The van der Waals surface area contributed by atoms with Crippen molar-refractivity contribution in [1.29, 1.82) is 0 Å². The largest absolute Gasteiger partial charge is 0.464 e. The van der Waals surface area contributed by atoms with Crippen LogP contribution in [0.3, 0.4) is 0 Å². The average molecular weight is 180 g/mol. The van der Waals surface area contributed by atoms with Gasteiger partial charge in [-0.2, -0.15) is 0 Å². The van der Waals surface area contributed by atoms with Crippen molar-refractivity contribution in [3.63, 3.8) is 0 Å². The van der Waals surface area contributed by atoms with Crippen molar-refractivity contribution in [3.8, 4) is 0 Å². The highest BCUT2D eigenvalue weighted by molar-refractivity contribution is 5.92. The Bertz CT molecular complexity index is 323. The molecular formula is C9H12N2O2. The molecule has 0 saturated heterocycles. The maximum Gasteiger partial charge on any atom is 0.358 e. The number of esters is 1. The molecule has 0 aliphatic carbocycles. The topological polar surface area (TPSA) is 65.2 Å². The van der Waals surface area contributed by atoms with E-state index < -0.39 is 5.97 Å². The van der Waals surface area contributed by atoms with E-state index in [1.165, 1.54) is 7.11 Å². The lowest BCUT2D eigenvalue weighted by Crippen LogP contribution is -2.09. The maximum atomic E-state index is 11.1. The molecule has 0 aliphatic rings. The van der Waals surface area contributed by atoms with E-state index in [1.54, 1.807) is 12.1 Å². The molecule has 4 heteroatoms. The summed E-state index contributed by atoms with van der Waals surface area (Å²) in [6.45, 7) is 1.96. The first kappa shape index (κ1) is 9.51. The van der Waals surface area contributed by atoms with Crippen molar-refractivity contribution < 1.29 is 9.53 Å². The molecule has 0 atom stereocenters. The molecular weight excluding hydrogens is 168 g/mol. The fraction of sp³-hybridized carbons (Fsp3) is 0.333. The van der Waals surface area contributed by atoms with Crippen LogP contribution in [0.15, 0.2) is 12.1 Å². The van der Waals surface area contributed by atoms with Gasteiger partial charge in [-0.1, -0.05) is 6.92 Å². The molecule has 0 unspecified atom stereocenters. The van der Waals surface area contributed by atoms with Gasteiger partial charge in [-0.25, -0.2) is 9.78 Å². The third-order valence-corrected chi connectivity index (χ3v) is 1.73. The maximum absolute atomic E-state index is 11.1. The van der Waals surface area contributed by atoms with Crippen molar-refractivity contribution in [2.24, 2.45) is 0 Å². The van der Waals surface area contributed by atoms with E-state index in [0.29, 0.717) is 5.69 Å². The predicted molar refractivity (Wildman–Crippen MR) is 49.4 cm³/mol. The van der Waals surface area contributed by atoms with Gasteiger partial charge in [0.2, 0.25) is 0 Å². The first-order valence-corrected chi connectivity index (χ1v) is 4.02. The lowest BCUT2D eigenvalue weighted by molar-refractivity contribution is 0.0595. The van der Waals surface area contributed by atoms with E-state index in [2.05, 4.69) is 9.72 Å². The van der Waals surface area contributed by atoms with Gasteiger partial charge < -0.3 is 10.5 Å². The van der Waals surface area contributed by atoms with Gasteiger partial charge in [0.25, 0.3) is 0 Å². The quantitative estimate of drug-likeness (QED) is 0.690. The number of nitrogens with two attached hydrogens (primary N) is 1. The molecule has 0 spiro atoms. The number of pyridine rings is 1. The molecule has 0 amide bonds. The fourth-order valence-electron chi connectivity index (χ4n) is 0.967. The third kappa shape index (κ3) is 1.96. The SMILES string of the molecule is CCc1ccc(N)c(C(=O)OC)n1. The number of hydrogen-bond acceptors (Lipinski definition) is 4. The zero-order chi connectivity index (χ0) is 9.84. The third-order valence-electron chi connectivity index (χ3n) is 1.73. The van der Waals surface area contributed by atoms with Crippen LogP contribution in [-0.4, -0.2) is 18.1 Å². The van der Waals surface area contributed by atoms with E-state index in [0.717, 1.165) is 12.1 Å². The molecule has 0 bridgehead atoms. The number of aromatic nitrogens is 1. The average Bonchev–Trinajstić information content (AvgIpc) is 2.17. The molecule has 0 fully saturated rings. The van der Waals surface area contributed by atoms with Crippen LogP contribution in [-0.2, 0) is 11.2 Å². The molecule has 13 heavy (non-hydrogen) atoms. The summed E-state index contributed by atoms with van der Waals surface area (Å²) in [5.41, 5.74) is 6.93. The zero-order valence-corrected chi connectivity index (χ0v) is 7.70. The minimum Gasteiger partial charge on any atom is -0.464 e. The molecule has 1 rings (SSSR count). The van der Waals surface area contributed by atoms with E-state index in [4.69, 9.17) is 5.73 Å². The Kier molecular flexibility index (Phi) is 2.84. The van der Waals surface area contributed by atoms with Gasteiger partial charge in [-0.15, -0.1) is 0 Å². The molecule has 0 aliphatic heterocycles. The van der Waals surface area contributed by atoms with Crippen molar-refractivity contribution in [1.82, 2.24) is 4.98 Å². The van der Waals surface area contributed by atoms with Gasteiger partial charge in [-0.3, -0.25) is 0 Å². The number of rotatable bonds is 2. The van der Waals surface area contributed by atoms with Gasteiger partial charge in [0, 0.05) is 5.69 Å². The number of nitrogens with zero attached hydrogens (tertiary/aromatic N) is 1. The van der Waals surface area contributed by atoms with E-state index >= 15 is 0 Å². The van der Waals surface area contributed by atoms with Crippen molar-refractivity contribution in [2.75, 3.05) is 12.8 Å². The van der Waals surface area contributed by atoms with Crippen molar-refractivity contribution in [2.45, 2.75) is 13.3 Å². The van der Waals surface area contributed by atoms with Crippen LogP contribution in [0, 0.1) is 0 Å². The summed E-state index contributed by atoms with van der Waals surface area (Å²) in [6.07, 6.45) is 0.768. The van der Waals surface area contributed by atoms with Crippen molar-refractivity contribution >= 4 is 11.7 Å². The summed E-state index contributed by atoms with van der Waals surface area (Å²) in [4.78, 5) is 15.2. The Morgan fingerprint density at radius 2 is 2.31 bits per heavy atom. The lowest BCUT2D eigenvalue weighted by atomic mass is 10.2. The van der Waals surface area contributed by atoms with E-state index in [1.807, 2.05) is 6.92 Å². The molecule has 1 aromatic rings. The highest BCUT2D eigenvalue weighted by Gasteiger charge is 2.11. The van der Waals surface area contributed by atoms with Crippen molar-refractivity contribution in [3.05, 3.63) is 23.5 Å². The Hall–Kier alpha value is -1.58. The van der Waals surface area contributed by atoms with Gasteiger partial charge in [-0.05, 0) is 18.6 Å². The number of hydrogen-bond donors (Lipinski definition) is 1. The van der Waals surface area contributed by atoms with E-state index in [9.17, 15) is 4.79 Å². The fourth-order valence-corrected chi connectivity index (χ4v) is 0.967. The molecule has 4 nitrogen and oxygen atoms in total. The van der Waals surface area contributed by atoms with Gasteiger partial charge >= 0.3 is 5.97 Å². The number of aryl methyl sites for hydroxylation is 1. The summed E-state index contributed by atoms with van der Waals surface area (Å²) >= 11 is 0. The second-order valence-electron chi connectivity index (χ2n) is 2.59. The smallest absolute Gasteiger partial charge is 0.358 e. The Morgan fingerprint density at radius 3 is 2.85 bits per heavy atom. The summed E-state index contributed by atoms with van der Waals surface area (Å²) in [5.74, 6) is -0.493. The van der Waals surface area contributed by atoms with Crippen LogP contribution in [0.2, 0.25) is 0 Å². The summed E-state index contributed by atoms with van der Waals surface area (Å²) < 4.78 is 4.54. The molecule has 0 aromatic carbocycles. The minimum atomic E-state index is -0.493. The summed E-state index contributed by atoms with van der Waals surface area (Å²) in [5, 5.41) is 0. The second kappa shape index (κ2) is 3.89. The Balaban J connectivity index is 3.11. The number of ether oxygens (including phenoxy) is 1. The first-order valence-electron chi connectivity index (χ1n) is 4.02. The van der Waals surface area contributed by atoms with Crippen LogP contribution >= 0.6 is 0 Å². The highest BCUT2D eigenvalue weighted by Crippen LogP contribution is 2.11.